The first-order chi connectivity index (χ1) is 8.97. The van der Waals surface area contributed by atoms with Crippen LogP contribution in [0.2, 0.25) is 0 Å². The van der Waals surface area contributed by atoms with Gasteiger partial charge in [-0.2, -0.15) is 0 Å². The summed E-state index contributed by atoms with van der Waals surface area (Å²) in [5.41, 5.74) is 0.384. The highest BCUT2D eigenvalue weighted by Gasteiger charge is 2.29. The third kappa shape index (κ3) is 6.24. The normalized spacial score (nSPS) is 24.6. The molecule has 3 nitrogen and oxygen atoms in total. The lowest BCUT2D eigenvalue weighted by molar-refractivity contribution is -0.0194. The summed E-state index contributed by atoms with van der Waals surface area (Å²) in [6.07, 6.45) is 2.56. The maximum Gasteiger partial charge on any atom is 0.0619 e. The molecule has 19 heavy (non-hydrogen) atoms. The molecule has 0 saturated carbocycles. The van der Waals surface area contributed by atoms with E-state index in [1.54, 1.807) is 0 Å². The molecule has 114 valence electrons. The van der Waals surface area contributed by atoms with Crippen LogP contribution in [0.3, 0.4) is 0 Å². The smallest absolute Gasteiger partial charge is 0.0619 e. The Bertz CT molecular complexity index is 245. The van der Waals surface area contributed by atoms with Crippen LogP contribution in [-0.4, -0.2) is 50.3 Å². The van der Waals surface area contributed by atoms with Crippen LogP contribution in [0, 0.1) is 11.3 Å². The number of rotatable bonds is 8. The van der Waals surface area contributed by atoms with Gasteiger partial charge in [0.15, 0.2) is 0 Å². The molecule has 1 aliphatic rings. The molecule has 0 bridgehead atoms. The quantitative estimate of drug-likeness (QED) is 0.734. The Morgan fingerprint density at radius 2 is 2.16 bits per heavy atom. The van der Waals surface area contributed by atoms with Gasteiger partial charge in [0, 0.05) is 25.7 Å². The van der Waals surface area contributed by atoms with Crippen molar-refractivity contribution in [3.8, 4) is 0 Å². The minimum atomic E-state index is 0.384. The van der Waals surface area contributed by atoms with Gasteiger partial charge in [-0.05, 0) is 31.2 Å². The molecule has 3 heteroatoms. The third-order valence-corrected chi connectivity index (χ3v) is 4.05. The first-order valence-corrected chi connectivity index (χ1v) is 7.99. The highest BCUT2D eigenvalue weighted by Crippen LogP contribution is 2.25. The van der Waals surface area contributed by atoms with Gasteiger partial charge in [-0.15, -0.1) is 0 Å². The maximum absolute atomic E-state index is 5.54. The second kappa shape index (κ2) is 8.23. The number of hydrogen-bond donors (Lipinski definition) is 1. The lowest BCUT2D eigenvalue weighted by Crippen LogP contribution is -2.50. The van der Waals surface area contributed by atoms with Crippen LogP contribution in [0.15, 0.2) is 0 Å². The molecule has 0 spiro atoms. The first-order valence-electron chi connectivity index (χ1n) is 7.99. The molecule has 1 fully saturated rings. The minimum Gasteiger partial charge on any atom is -0.379 e. The van der Waals surface area contributed by atoms with Gasteiger partial charge in [0.2, 0.25) is 0 Å². The van der Waals surface area contributed by atoms with Gasteiger partial charge in [0.25, 0.3) is 0 Å². The van der Waals surface area contributed by atoms with E-state index >= 15 is 0 Å². The summed E-state index contributed by atoms with van der Waals surface area (Å²) in [5, 5.41) is 3.66. The Balaban J connectivity index is 2.48. The summed E-state index contributed by atoms with van der Waals surface area (Å²) in [7, 11) is 0. The number of nitrogens with zero attached hydrogens (tertiary/aromatic N) is 1. The van der Waals surface area contributed by atoms with E-state index in [1.807, 2.05) is 0 Å². The summed E-state index contributed by atoms with van der Waals surface area (Å²) in [6.45, 7) is 17.9. The Labute approximate surface area is 120 Å². The Kier molecular flexibility index (Phi) is 7.33. The summed E-state index contributed by atoms with van der Waals surface area (Å²) < 4.78 is 5.54. The zero-order chi connectivity index (χ0) is 14.3. The molecule has 1 aliphatic heterocycles. The van der Waals surface area contributed by atoms with Crippen molar-refractivity contribution >= 4 is 0 Å². The number of hydrogen-bond acceptors (Lipinski definition) is 3. The molecular weight excluding hydrogens is 236 g/mol. The molecule has 1 rings (SSSR count). The van der Waals surface area contributed by atoms with Crippen molar-refractivity contribution in [3.05, 3.63) is 0 Å². The summed E-state index contributed by atoms with van der Waals surface area (Å²) in [6, 6.07) is 0.565. The Hall–Kier alpha value is -0.120. The van der Waals surface area contributed by atoms with Crippen LogP contribution in [0.25, 0.3) is 0 Å². The average molecular weight is 270 g/mol. The molecule has 0 aromatic heterocycles. The minimum absolute atomic E-state index is 0.384. The van der Waals surface area contributed by atoms with E-state index in [2.05, 4.69) is 44.8 Å². The van der Waals surface area contributed by atoms with Gasteiger partial charge in [-0.3, -0.25) is 4.90 Å². The van der Waals surface area contributed by atoms with E-state index in [9.17, 15) is 0 Å². The molecule has 0 aromatic rings. The van der Waals surface area contributed by atoms with E-state index < -0.39 is 0 Å². The lowest BCUT2D eigenvalue weighted by Gasteiger charge is -2.41. The van der Waals surface area contributed by atoms with Crippen LogP contribution in [0.5, 0.6) is 0 Å². The van der Waals surface area contributed by atoms with E-state index in [1.165, 1.54) is 19.4 Å². The highest BCUT2D eigenvalue weighted by molar-refractivity contribution is 4.84. The van der Waals surface area contributed by atoms with Crippen LogP contribution >= 0.6 is 0 Å². The van der Waals surface area contributed by atoms with Crippen LogP contribution in [-0.2, 0) is 4.74 Å². The van der Waals surface area contributed by atoms with E-state index in [4.69, 9.17) is 4.74 Å². The maximum atomic E-state index is 5.54. The largest absolute Gasteiger partial charge is 0.379 e. The summed E-state index contributed by atoms with van der Waals surface area (Å²) in [4.78, 5) is 2.61. The van der Waals surface area contributed by atoms with E-state index in [-0.39, 0.29) is 0 Å². The monoisotopic (exact) mass is 270 g/mol. The highest BCUT2D eigenvalue weighted by atomic mass is 16.5. The van der Waals surface area contributed by atoms with Crippen molar-refractivity contribution in [2.75, 3.05) is 39.4 Å². The molecule has 1 N–H and O–H groups in total. The fourth-order valence-electron chi connectivity index (χ4n) is 2.98. The van der Waals surface area contributed by atoms with Crippen LogP contribution in [0.1, 0.15) is 47.5 Å². The van der Waals surface area contributed by atoms with Gasteiger partial charge in [-0.1, -0.05) is 34.1 Å². The van der Waals surface area contributed by atoms with Crippen molar-refractivity contribution in [1.29, 1.82) is 0 Å². The van der Waals surface area contributed by atoms with Gasteiger partial charge in [0.05, 0.1) is 13.2 Å². The molecular formula is C16H34N2O. The van der Waals surface area contributed by atoms with Crippen molar-refractivity contribution in [2.24, 2.45) is 11.3 Å². The zero-order valence-electron chi connectivity index (χ0n) is 13.7. The molecule has 2 atom stereocenters. The molecule has 1 heterocycles. The molecule has 0 amide bonds. The summed E-state index contributed by atoms with van der Waals surface area (Å²) in [5.74, 6) is 0.730. The molecule has 0 aromatic carbocycles. The number of morpholine rings is 1. The third-order valence-electron chi connectivity index (χ3n) is 4.05. The Morgan fingerprint density at radius 3 is 2.74 bits per heavy atom. The van der Waals surface area contributed by atoms with Gasteiger partial charge in [-0.25, -0.2) is 0 Å². The van der Waals surface area contributed by atoms with Gasteiger partial charge in [0.1, 0.15) is 0 Å². The predicted molar refractivity (Wildman–Crippen MR) is 82.6 cm³/mol. The van der Waals surface area contributed by atoms with Gasteiger partial charge < -0.3 is 10.1 Å². The summed E-state index contributed by atoms with van der Waals surface area (Å²) >= 11 is 0. The molecule has 0 aliphatic carbocycles. The predicted octanol–water partition coefficient (Wildman–Crippen LogP) is 2.76. The van der Waals surface area contributed by atoms with Crippen LogP contribution in [0.4, 0.5) is 0 Å². The van der Waals surface area contributed by atoms with Gasteiger partial charge >= 0.3 is 0 Å². The number of nitrogens with one attached hydrogen (secondary N) is 1. The topological polar surface area (TPSA) is 24.5 Å². The Morgan fingerprint density at radius 1 is 1.42 bits per heavy atom. The average Bonchev–Trinajstić information content (AvgIpc) is 2.32. The van der Waals surface area contributed by atoms with Crippen molar-refractivity contribution in [1.82, 2.24) is 10.2 Å². The fraction of sp³-hybridized carbons (Fsp3) is 1.00. The van der Waals surface area contributed by atoms with Crippen molar-refractivity contribution < 1.29 is 4.74 Å². The second-order valence-corrected chi connectivity index (χ2v) is 6.98. The number of ether oxygens (including phenoxy) is 1. The first kappa shape index (κ1) is 16.9. The molecule has 0 radical (unpaired) electrons. The van der Waals surface area contributed by atoms with Crippen molar-refractivity contribution in [3.63, 3.8) is 0 Å². The molecule has 1 saturated heterocycles. The lowest BCUT2D eigenvalue weighted by atomic mass is 9.84. The van der Waals surface area contributed by atoms with Crippen LogP contribution < -0.4 is 5.32 Å². The fourth-order valence-corrected chi connectivity index (χ4v) is 2.98. The van der Waals surface area contributed by atoms with Crippen molar-refractivity contribution in [2.45, 2.75) is 53.5 Å². The van der Waals surface area contributed by atoms with E-state index in [0.717, 1.165) is 38.8 Å². The second-order valence-electron chi connectivity index (χ2n) is 6.98. The standard InChI is InChI=1S/C16H34N2O/c1-6-7-16(5,12-17-10-14(2)3)13-18-8-9-19-11-15(18)4/h14-15,17H,6-13H2,1-5H3. The zero-order valence-corrected chi connectivity index (χ0v) is 13.7. The SMILES string of the molecule is CCCC(C)(CNCC(C)C)CN1CCOCC1C. The molecule has 2 unspecified atom stereocenters. The van der Waals surface area contributed by atoms with E-state index in [0.29, 0.717) is 11.5 Å².